The number of nitrogens with zero attached hydrogens (tertiary/aromatic N) is 1. The zero-order chi connectivity index (χ0) is 15.8. The van der Waals surface area contributed by atoms with Gasteiger partial charge in [-0.2, -0.15) is 0 Å². The Morgan fingerprint density at radius 2 is 1.83 bits per heavy atom. The number of likely N-dealkylation sites (N-methyl/N-ethyl adjacent to an activating group) is 1. The second kappa shape index (κ2) is 6.10. The number of aryl methyl sites for hydroxylation is 1. The fraction of sp³-hybridized carbons (Fsp3) is 0.526. The van der Waals surface area contributed by atoms with E-state index in [0.717, 1.165) is 31.4 Å². The van der Waals surface area contributed by atoms with Gasteiger partial charge in [-0.1, -0.05) is 18.2 Å². The van der Waals surface area contributed by atoms with E-state index in [2.05, 4.69) is 35.9 Å². The maximum absolute atomic E-state index is 13.1. The summed E-state index contributed by atoms with van der Waals surface area (Å²) in [4.78, 5) is 16.1. The minimum atomic E-state index is 0.291. The maximum atomic E-state index is 13.1. The molecule has 2 aliphatic rings. The van der Waals surface area contributed by atoms with Crippen LogP contribution in [0.25, 0.3) is 10.9 Å². The van der Waals surface area contributed by atoms with Gasteiger partial charge < -0.3 is 9.80 Å². The first kappa shape index (κ1) is 14.9. The summed E-state index contributed by atoms with van der Waals surface area (Å²) in [6, 6.07) is 8.47. The molecule has 122 valence electrons. The summed E-state index contributed by atoms with van der Waals surface area (Å²) < 4.78 is 2.06. The van der Waals surface area contributed by atoms with E-state index in [9.17, 15) is 4.79 Å². The fourth-order valence-electron chi connectivity index (χ4n) is 4.28. The summed E-state index contributed by atoms with van der Waals surface area (Å²) in [6.07, 6.45) is 4.64. The van der Waals surface area contributed by atoms with E-state index in [0.29, 0.717) is 12.5 Å². The van der Waals surface area contributed by atoms with Gasteiger partial charge in [-0.3, -0.25) is 9.36 Å². The molecule has 4 heteroatoms. The first-order valence-electron chi connectivity index (χ1n) is 9.03. The second-order valence-corrected chi connectivity index (χ2v) is 7.26. The number of benzene rings is 1. The summed E-state index contributed by atoms with van der Waals surface area (Å²) in [5, 5.41) is 1.30. The van der Waals surface area contributed by atoms with Crippen molar-refractivity contribution < 1.29 is 14.6 Å². The van der Waals surface area contributed by atoms with Crippen molar-refractivity contribution in [2.24, 2.45) is 0 Å². The van der Waals surface area contributed by atoms with Crippen LogP contribution in [0.2, 0.25) is 0 Å². The Morgan fingerprint density at radius 3 is 2.65 bits per heavy atom. The summed E-state index contributed by atoms with van der Waals surface area (Å²) in [5.41, 5.74) is 3.85. The van der Waals surface area contributed by atoms with Gasteiger partial charge in [-0.15, -0.1) is 0 Å². The summed E-state index contributed by atoms with van der Waals surface area (Å²) in [5.74, 6) is 0.291. The van der Waals surface area contributed by atoms with Crippen molar-refractivity contribution >= 4 is 16.8 Å². The van der Waals surface area contributed by atoms with Crippen LogP contribution in [0, 0.1) is 0 Å². The first-order chi connectivity index (χ1) is 11.2. The van der Waals surface area contributed by atoms with Crippen LogP contribution >= 0.6 is 0 Å². The molecule has 0 spiro atoms. The quantitative estimate of drug-likeness (QED) is 0.775. The molecule has 2 N–H and O–H groups in total. The highest BCUT2D eigenvalue weighted by atomic mass is 16.2. The monoisotopic (exact) mass is 313 g/mol. The molecule has 1 aliphatic carbocycles. The van der Waals surface area contributed by atoms with Crippen molar-refractivity contribution in [3.05, 3.63) is 35.5 Å². The highest BCUT2D eigenvalue weighted by molar-refractivity contribution is 5.96. The molecule has 1 aliphatic heterocycles. The molecule has 1 aromatic carbocycles. The second-order valence-electron chi connectivity index (χ2n) is 7.26. The van der Waals surface area contributed by atoms with Crippen LogP contribution in [0.4, 0.5) is 0 Å². The summed E-state index contributed by atoms with van der Waals surface area (Å²) >= 11 is 0. The summed E-state index contributed by atoms with van der Waals surface area (Å²) in [6.45, 7) is 5.20. The molecular weight excluding hydrogens is 286 g/mol. The molecule has 2 aromatic rings. The molecule has 0 bridgehead atoms. The van der Waals surface area contributed by atoms with Crippen molar-refractivity contribution in [3.63, 3.8) is 0 Å². The molecule has 0 saturated carbocycles. The molecule has 0 radical (unpaired) electrons. The third kappa shape index (κ3) is 2.70. The van der Waals surface area contributed by atoms with E-state index in [-0.39, 0.29) is 0 Å². The Kier molecular flexibility index (Phi) is 3.95. The predicted octanol–water partition coefficient (Wildman–Crippen LogP) is -0.426. The molecule has 1 fully saturated rings. The van der Waals surface area contributed by atoms with E-state index in [4.69, 9.17) is 0 Å². The Bertz CT molecular complexity index is 726. The lowest BCUT2D eigenvalue weighted by molar-refractivity contribution is -0.999. The number of rotatable bonds is 2. The van der Waals surface area contributed by atoms with Gasteiger partial charge in [-0.05, 0) is 37.3 Å². The fourth-order valence-corrected chi connectivity index (χ4v) is 4.28. The van der Waals surface area contributed by atoms with E-state index in [1.165, 1.54) is 47.5 Å². The molecule has 23 heavy (non-hydrogen) atoms. The lowest BCUT2D eigenvalue weighted by atomic mass is 9.95. The van der Waals surface area contributed by atoms with Crippen LogP contribution in [0.5, 0.6) is 0 Å². The number of carbonyl (C=O) groups is 1. The van der Waals surface area contributed by atoms with Gasteiger partial charge in [-0.25, -0.2) is 0 Å². The van der Waals surface area contributed by atoms with Gasteiger partial charge in [0.15, 0.2) is 6.54 Å². The number of para-hydroxylation sites is 1. The van der Waals surface area contributed by atoms with Gasteiger partial charge in [0.05, 0.1) is 12.6 Å². The van der Waals surface area contributed by atoms with Crippen LogP contribution in [0.3, 0.4) is 0 Å². The van der Waals surface area contributed by atoms with Crippen molar-refractivity contribution in [2.45, 2.75) is 25.7 Å². The third-order valence-corrected chi connectivity index (χ3v) is 5.64. The highest BCUT2D eigenvalue weighted by Crippen LogP contribution is 2.31. The Labute approximate surface area is 137 Å². The largest absolute Gasteiger partial charge is 0.328 e. The van der Waals surface area contributed by atoms with Crippen LogP contribution in [0.1, 0.15) is 28.9 Å². The number of piperazine rings is 1. The van der Waals surface area contributed by atoms with Gasteiger partial charge in [0.25, 0.3) is 5.91 Å². The smallest absolute Gasteiger partial charge is 0.286 e. The molecule has 1 saturated heterocycles. The topological polar surface area (TPSA) is 30.9 Å². The minimum Gasteiger partial charge on any atom is -0.328 e. The molecule has 0 amide bonds. The molecule has 2 heterocycles. The van der Waals surface area contributed by atoms with Crippen LogP contribution in [0.15, 0.2) is 24.3 Å². The van der Waals surface area contributed by atoms with E-state index >= 15 is 0 Å². The van der Waals surface area contributed by atoms with Crippen molar-refractivity contribution in [3.8, 4) is 0 Å². The average Bonchev–Trinajstić information content (AvgIpc) is 2.91. The van der Waals surface area contributed by atoms with Crippen LogP contribution in [-0.4, -0.2) is 50.2 Å². The van der Waals surface area contributed by atoms with Gasteiger partial charge >= 0.3 is 0 Å². The van der Waals surface area contributed by atoms with E-state index in [1.54, 1.807) is 4.90 Å². The zero-order valence-electron chi connectivity index (χ0n) is 14.0. The lowest BCUT2D eigenvalue weighted by Gasteiger charge is -2.27. The number of quaternary nitrogens is 2. The normalized spacial score (nSPS) is 24.6. The van der Waals surface area contributed by atoms with Gasteiger partial charge in [0.1, 0.15) is 26.2 Å². The number of hydrogen-bond donors (Lipinski definition) is 2. The van der Waals surface area contributed by atoms with E-state index in [1.807, 2.05) is 0 Å². The number of nitrogens with one attached hydrogen (secondary N) is 2. The number of hydrogen-bond acceptors (Lipinski definition) is 1. The van der Waals surface area contributed by atoms with Crippen LogP contribution < -0.4 is 9.80 Å². The first-order valence-corrected chi connectivity index (χ1v) is 9.03. The highest BCUT2D eigenvalue weighted by Gasteiger charge is 2.27. The molecule has 4 nitrogen and oxygen atoms in total. The number of aromatic nitrogens is 1. The third-order valence-electron chi connectivity index (χ3n) is 5.64. The number of carbonyl (C=O) groups excluding carboxylic acids is 1. The predicted molar refractivity (Wildman–Crippen MR) is 91.4 cm³/mol. The Hall–Kier alpha value is -1.65. The van der Waals surface area contributed by atoms with Crippen molar-refractivity contribution in [2.75, 3.05) is 39.8 Å². The molecule has 0 unspecified atom stereocenters. The molecule has 1 aromatic heterocycles. The van der Waals surface area contributed by atoms with Crippen LogP contribution in [-0.2, 0) is 12.8 Å². The Morgan fingerprint density at radius 1 is 1.09 bits per heavy atom. The molecule has 0 atom stereocenters. The average molecular weight is 313 g/mol. The van der Waals surface area contributed by atoms with E-state index < -0.39 is 0 Å². The summed E-state index contributed by atoms with van der Waals surface area (Å²) in [7, 11) is 2.24. The molecular formula is C19H27N3O+2. The SMILES string of the molecule is C[NH+]1CC[NH+](CC(=O)n2c3c(c4ccccc42)CCCC3)CC1. The molecule has 4 rings (SSSR count). The van der Waals surface area contributed by atoms with Crippen molar-refractivity contribution in [1.82, 2.24) is 4.57 Å². The lowest BCUT2D eigenvalue weighted by Crippen LogP contribution is -3.27. The van der Waals surface area contributed by atoms with Gasteiger partial charge in [0.2, 0.25) is 0 Å². The Balaban J connectivity index is 1.66. The van der Waals surface area contributed by atoms with Gasteiger partial charge in [0, 0.05) is 11.1 Å². The van der Waals surface area contributed by atoms with Crippen molar-refractivity contribution in [1.29, 1.82) is 0 Å². The number of fused-ring (bicyclic) bond motifs is 3. The maximum Gasteiger partial charge on any atom is 0.286 e. The zero-order valence-corrected chi connectivity index (χ0v) is 14.0. The minimum absolute atomic E-state index is 0.291. The standard InChI is InChI=1S/C19H25N3O/c1-20-10-12-21(13-11-20)14-19(23)22-17-8-4-2-6-15(17)16-7-3-5-9-18(16)22/h2,4,6,8H,3,5,7,9-14H2,1H3/p+2.